The van der Waals surface area contributed by atoms with Crippen LogP contribution >= 0.6 is 0 Å². The van der Waals surface area contributed by atoms with Crippen LogP contribution in [-0.2, 0) is 4.74 Å². The molecule has 1 saturated heterocycles. The Labute approximate surface area is 221 Å². The third-order valence-electron chi connectivity index (χ3n) is 6.85. The van der Waals surface area contributed by atoms with E-state index in [4.69, 9.17) is 9.47 Å². The fourth-order valence-electron chi connectivity index (χ4n) is 4.70. The molecular formula is C28H34FN5O4. The van der Waals surface area contributed by atoms with Crippen LogP contribution in [0, 0.1) is 18.7 Å². The number of carbonyl (C=O) groups excluding carboxylic acids is 2. The van der Waals surface area contributed by atoms with Crippen LogP contribution in [0.1, 0.15) is 62.5 Å². The quantitative estimate of drug-likeness (QED) is 0.471. The summed E-state index contributed by atoms with van der Waals surface area (Å²) in [5, 5.41) is 3.11. The van der Waals surface area contributed by atoms with Gasteiger partial charge in [-0.3, -0.25) is 4.79 Å². The van der Waals surface area contributed by atoms with Gasteiger partial charge >= 0.3 is 6.09 Å². The van der Waals surface area contributed by atoms with Gasteiger partial charge in [0.1, 0.15) is 34.7 Å². The summed E-state index contributed by atoms with van der Waals surface area (Å²) in [6, 6.07) is 4.32. The first-order valence-corrected chi connectivity index (χ1v) is 13.1. The van der Waals surface area contributed by atoms with E-state index in [0.717, 1.165) is 12.8 Å². The van der Waals surface area contributed by atoms with Crippen molar-refractivity contribution >= 4 is 23.0 Å². The summed E-state index contributed by atoms with van der Waals surface area (Å²) >= 11 is 0. The summed E-state index contributed by atoms with van der Waals surface area (Å²) in [5.74, 6) is 0.311. The zero-order chi connectivity index (χ0) is 27.0. The van der Waals surface area contributed by atoms with Gasteiger partial charge in [0.2, 0.25) is 0 Å². The molecule has 2 amide bonds. The molecule has 0 radical (unpaired) electrons. The van der Waals surface area contributed by atoms with E-state index >= 15 is 0 Å². The predicted molar refractivity (Wildman–Crippen MR) is 141 cm³/mol. The average molecular weight is 524 g/mol. The summed E-state index contributed by atoms with van der Waals surface area (Å²) in [6.07, 6.45) is 4.58. The fourth-order valence-corrected chi connectivity index (χ4v) is 4.70. The molecule has 2 N–H and O–H groups in total. The second-order valence-corrected chi connectivity index (χ2v) is 11.2. The second kappa shape index (κ2) is 10.2. The number of rotatable bonds is 6. The number of nitrogens with zero attached hydrogens (tertiary/aromatic N) is 3. The van der Waals surface area contributed by atoms with Gasteiger partial charge in [-0.05, 0) is 71.4 Å². The topological polar surface area (TPSA) is 109 Å². The van der Waals surface area contributed by atoms with E-state index in [1.807, 2.05) is 27.7 Å². The molecule has 202 valence electrons. The highest BCUT2D eigenvalue weighted by Crippen LogP contribution is 2.36. The number of ether oxygens (including phenoxy) is 2. The summed E-state index contributed by atoms with van der Waals surface area (Å²) in [5.41, 5.74) is 2.84. The Morgan fingerprint density at radius 1 is 1.16 bits per heavy atom. The number of piperidine rings is 1. The maximum Gasteiger partial charge on any atom is 0.410 e. The number of aromatic amines is 1. The van der Waals surface area contributed by atoms with Crippen molar-refractivity contribution in [1.29, 1.82) is 0 Å². The number of aromatic nitrogens is 3. The summed E-state index contributed by atoms with van der Waals surface area (Å²) in [4.78, 5) is 39.6. The molecule has 1 aromatic carbocycles. The number of benzene rings is 1. The van der Waals surface area contributed by atoms with Crippen LogP contribution in [-0.4, -0.2) is 63.2 Å². The van der Waals surface area contributed by atoms with Crippen LogP contribution < -0.4 is 10.1 Å². The molecule has 9 nitrogen and oxygen atoms in total. The van der Waals surface area contributed by atoms with E-state index in [9.17, 15) is 14.0 Å². The lowest BCUT2D eigenvalue weighted by atomic mass is 10.0. The summed E-state index contributed by atoms with van der Waals surface area (Å²) in [7, 11) is 0. The summed E-state index contributed by atoms with van der Waals surface area (Å²) < 4.78 is 25.5. The number of fused-ring (bicyclic) bond motifs is 1. The molecule has 3 aromatic rings. The Morgan fingerprint density at radius 2 is 1.89 bits per heavy atom. The lowest BCUT2D eigenvalue weighted by Gasteiger charge is -2.33. The number of carbonyl (C=O) groups is 2. The van der Waals surface area contributed by atoms with Crippen LogP contribution in [0.3, 0.4) is 0 Å². The maximum atomic E-state index is 14.1. The van der Waals surface area contributed by atoms with Crippen molar-refractivity contribution in [2.45, 2.75) is 65.0 Å². The van der Waals surface area contributed by atoms with Gasteiger partial charge in [-0.1, -0.05) is 0 Å². The zero-order valence-electron chi connectivity index (χ0n) is 22.3. The average Bonchev–Trinajstić information content (AvgIpc) is 3.62. The summed E-state index contributed by atoms with van der Waals surface area (Å²) in [6.45, 7) is 8.90. The Kier molecular flexibility index (Phi) is 6.98. The molecule has 2 aliphatic rings. The Balaban J connectivity index is 1.33. The van der Waals surface area contributed by atoms with Crippen LogP contribution in [0.5, 0.6) is 5.75 Å². The largest absolute Gasteiger partial charge is 0.492 e. The first-order valence-electron chi connectivity index (χ1n) is 13.1. The zero-order valence-corrected chi connectivity index (χ0v) is 22.3. The fraction of sp³-hybridized carbons (Fsp3) is 0.500. The molecule has 1 aliphatic heterocycles. The van der Waals surface area contributed by atoms with Crippen molar-refractivity contribution in [3.8, 4) is 17.0 Å². The molecule has 38 heavy (non-hydrogen) atoms. The molecule has 0 unspecified atom stereocenters. The number of nitrogens with one attached hydrogen (secondary N) is 2. The minimum absolute atomic E-state index is 0.0774. The predicted octanol–water partition coefficient (Wildman–Crippen LogP) is 4.99. The molecule has 0 atom stereocenters. The maximum absolute atomic E-state index is 14.1. The molecule has 2 fully saturated rings. The third kappa shape index (κ3) is 5.74. The molecule has 0 spiro atoms. The second-order valence-electron chi connectivity index (χ2n) is 11.2. The SMILES string of the molecule is Cc1[nH]c2c(-c3ccc(F)cc3OCC3CC3)ncnc2c1C(=O)NC1CCN(C(=O)OC(C)(C)C)CC1. The monoisotopic (exact) mass is 523 g/mol. The smallest absolute Gasteiger partial charge is 0.410 e. The minimum atomic E-state index is -0.548. The highest BCUT2D eigenvalue weighted by Gasteiger charge is 2.29. The van der Waals surface area contributed by atoms with Crippen LogP contribution in [0.2, 0.25) is 0 Å². The molecular weight excluding hydrogens is 489 g/mol. The van der Waals surface area contributed by atoms with Crippen LogP contribution in [0.15, 0.2) is 24.5 Å². The van der Waals surface area contributed by atoms with E-state index in [1.54, 1.807) is 11.0 Å². The molecule has 3 heterocycles. The number of hydrogen-bond acceptors (Lipinski definition) is 6. The van der Waals surface area contributed by atoms with E-state index in [1.165, 1.54) is 18.5 Å². The Hall–Kier alpha value is -3.69. The normalized spacial score (nSPS) is 16.5. The van der Waals surface area contributed by atoms with Crippen molar-refractivity contribution in [3.63, 3.8) is 0 Å². The van der Waals surface area contributed by atoms with Gasteiger partial charge in [0.15, 0.2) is 0 Å². The standard InChI is InChI=1S/C28H34FN5O4/c1-16-22(26(35)33-19-9-11-34(12-10-19)27(36)38-28(2,3)4)24-25(32-16)23(30-15-31-24)20-8-7-18(29)13-21(20)37-14-17-5-6-17/h7-8,13,15,17,19,32H,5-6,9-12,14H2,1-4H3,(H,33,35). The van der Waals surface area contributed by atoms with Gasteiger partial charge in [0.25, 0.3) is 5.91 Å². The number of halogens is 1. The van der Waals surface area contributed by atoms with Crippen molar-refractivity contribution in [2.24, 2.45) is 5.92 Å². The van der Waals surface area contributed by atoms with E-state index < -0.39 is 5.60 Å². The lowest BCUT2D eigenvalue weighted by molar-refractivity contribution is 0.0199. The number of amides is 2. The number of hydrogen-bond donors (Lipinski definition) is 2. The van der Waals surface area contributed by atoms with Crippen molar-refractivity contribution in [2.75, 3.05) is 19.7 Å². The third-order valence-corrected chi connectivity index (χ3v) is 6.85. The number of likely N-dealkylation sites (tertiary alicyclic amines) is 1. The highest BCUT2D eigenvalue weighted by molar-refractivity contribution is 6.09. The molecule has 2 aromatic heterocycles. The van der Waals surface area contributed by atoms with Gasteiger partial charge in [-0.2, -0.15) is 0 Å². The Bertz CT molecular complexity index is 1350. The molecule has 1 saturated carbocycles. The highest BCUT2D eigenvalue weighted by atomic mass is 19.1. The van der Waals surface area contributed by atoms with Gasteiger partial charge in [-0.25, -0.2) is 19.2 Å². The molecule has 0 bridgehead atoms. The number of H-pyrrole nitrogens is 1. The van der Waals surface area contributed by atoms with Crippen molar-refractivity contribution < 1.29 is 23.5 Å². The lowest BCUT2D eigenvalue weighted by Crippen LogP contribution is -2.47. The van der Waals surface area contributed by atoms with Gasteiger partial charge in [0, 0.05) is 36.5 Å². The molecule has 5 rings (SSSR count). The van der Waals surface area contributed by atoms with Crippen molar-refractivity contribution in [3.05, 3.63) is 41.6 Å². The number of aryl methyl sites for hydroxylation is 1. The van der Waals surface area contributed by atoms with Gasteiger partial charge < -0.3 is 24.7 Å². The van der Waals surface area contributed by atoms with Crippen LogP contribution in [0.4, 0.5) is 9.18 Å². The van der Waals surface area contributed by atoms with E-state index in [-0.39, 0.29) is 23.9 Å². The van der Waals surface area contributed by atoms with Crippen molar-refractivity contribution in [1.82, 2.24) is 25.2 Å². The van der Waals surface area contributed by atoms with Gasteiger partial charge in [0.05, 0.1) is 17.7 Å². The Morgan fingerprint density at radius 3 is 2.58 bits per heavy atom. The van der Waals surface area contributed by atoms with Crippen LogP contribution in [0.25, 0.3) is 22.3 Å². The van der Waals surface area contributed by atoms with E-state index in [0.29, 0.717) is 77.8 Å². The van der Waals surface area contributed by atoms with Gasteiger partial charge in [-0.15, -0.1) is 0 Å². The first-order chi connectivity index (χ1) is 18.1. The molecule has 10 heteroatoms. The minimum Gasteiger partial charge on any atom is -0.492 e. The van der Waals surface area contributed by atoms with E-state index in [2.05, 4.69) is 20.3 Å². The molecule has 1 aliphatic carbocycles. The first kappa shape index (κ1) is 25.9.